The van der Waals surface area contributed by atoms with Crippen LogP contribution in [-0.2, 0) is 10.5 Å². The number of likely N-dealkylation sites (tertiary alicyclic amines) is 1. The van der Waals surface area contributed by atoms with Crippen LogP contribution >= 0.6 is 11.8 Å². The van der Waals surface area contributed by atoms with E-state index in [1.165, 1.54) is 5.56 Å². The Balaban J connectivity index is 1.82. The van der Waals surface area contributed by atoms with E-state index in [1.54, 1.807) is 11.8 Å². The second-order valence-electron chi connectivity index (χ2n) is 5.13. The summed E-state index contributed by atoms with van der Waals surface area (Å²) in [7, 11) is 0. The van der Waals surface area contributed by atoms with Gasteiger partial charge in [-0.3, -0.25) is 4.79 Å². The smallest absolute Gasteiger partial charge is 0.235 e. The number of carbonyl (C=O) groups excluding carboxylic acids is 1. The molecular formula is C15H22N2OS. The van der Waals surface area contributed by atoms with Crippen LogP contribution in [0.2, 0.25) is 0 Å². The molecule has 1 aromatic carbocycles. The molecular weight excluding hydrogens is 256 g/mol. The first-order chi connectivity index (χ1) is 9.16. The van der Waals surface area contributed by atoms with E-state index in [-0.39, 0.29) is 17.2 Å². The zero-order valence-electron chi connectivity index (χ0n) is 11.4. The molecule has 0 saturated carbocycles. The maximum absolute atomic E-state index is 12.3. The Bertz CT molecular complexity index is 410. The lowest BCUT2D eigenvalue weighted by atomic mass is 10.1. The summed E-state index contributed by atoms with van der Waals surface area (Å²) in [6.45, 7) is 3.58. The van der Waals surface area contributed by atoms with Crippen molar-refractivity contribution < 1.29 is 4.79 Å². The van der Waals surface area contributed by atoms with Crippen LogP contribution in [0.4, 0.5) is 0 Å². The number of thioether (sulfide) groups is 1. The highest BCUT2D eigenvalue weighted by Gasteiger charge is 2.25. The number of rotatable bonds is 4. The van der Waals surface area contributed by atoms with Crippen LogP contribution in [0.1, 0.15) is 25.3 Å². The molecule has 0 radical (unpaired) electrons. The predicted octanol–water partition coefficient (Wildman–Crippen LogP) is 2.26. The van der Waals surface area contributed by atoms with E-state index in [9.17, 15) is 4.79 Å². The van der Waals surface area contributed by atoms with Gasteiger partial charge in [-0.2, -0.15) is 0 Å². The van der Waals surface area contributed by atoms with Gasteiger partial charge in [-0.05, 0) is 25.3 Å². The third-order valence-corrected chi connectivity index (χ3v) is 4.66. The first kappa shape index (κ1) is 14.4. The SMILES string of the molecule is CC(SCc1ccccc1)C(=O)N1CCCC(N)C1. The molecule has 1 fully saturated rings. The Morgan fingerprint density at radius 2 is 2.21 bits per heavy atom. The molecule has 3 nitrogen and oxygen atoms in total. The predicted molar refractivity (Wildman–Crippen MR) is 81.0 cm³/mol. The van der Waals surface area contributed by atoms with Gasteiger partial charge in [-0.25, -0.2) is 0 Å². The van der Waals surface area contributed by atoms with Gasteiger partial charge >= 0.3 is 0 Å². The summed E-state index contributed by atoms with van der Waals surface area (Å²) in [6, 6.07) is 10.4. The van der Waals surface area contributed by atoms with E-state index >= 15 is 0 Å². The van der Waals surface area contributed by atoms with E-state index in [1.807, 2.05) is 30.0 Å². The van der Waals surface area contributed by atoms with Gasteiger partial charge in [0.1, 0.15) is 0 Å². The number of hydrogen-bond acceptors (Lipinski definition) is 3. The molecule has 0 spiro atoms. The molecule has 2 unspecified atom stereocenters. The van der Waals surface area contributed by atoms with Crippen molar-refractivity contribution in [1.29, 1.82) is 0 Å². The molecule has 0 bridgehead atoms. The Morgan fingerprint density at radius 3 is 2.89 bits per heavy atom. The fourth-order valence-electron chi connectivity index (χ4n) is 2.33. The number of benzene rings is 1. The van der Waals surface area contributed by atoms with Crippen LogP contribution in [0, 0.1) is 0 Å². The topological polar surface area (TPSA) is 46.3 Å². The van der Waals surface area contributed by atoms with Crippen molar-refractivity contribution in [3.63, 3.8) is 0 Å². The molecule has 1 saturated heterocycles. The Morgan fingerprint density at radius 1 is 1.47 bits per heavy atom. The van der Waals surface area contributed by atoms with Crippen molar-refractivity contribution in [2.45, 2.75) is 36.8 Å². The molecule has 1 aliphatic heterocycles. The lowest BCUT2D eigenvalue weighted by Crippen LogP contribution is -2.48. The van der Waals surface area contributed by atoms with Crippen LogP contribution in [0.25, 0.3) is 0 Å². The molecule has 0 aliphatic carbocycles. The van der Waals surface area contributed by atoms with Gasteiger partial charge in [-0.1, -0.05) is 30.3 Å². The lowest BCUT2D eigenvalue weighted by molar-refractivity contribution is -0.131. The monoisotopic (exact) mass is 278 g/mol. The van der Waals surface area contributed by atoms with E-state index in [2.05, 4.69) is 12.1 Å². The zero-order chi connectivity index (χ0) is 13.7. The Hall–Kier alpha value is -1.00. The van der Waals surface area contributed by atoms with Gasteiger partial charge in [0, 0.05) is 24.9 Å². The number of hydrogen-bond donors (Lipinski definition) is 1. The third kappa shape index (κ3) is 4.25. The molecule has 4 heteroatoms. The van der Waals surface area contributed by atoms with Crippen LogP contribution in [0.3, 0.4) is 0 Å². The van der Waals surface area contributed by atoms with Crippen molar-refractivity contribution in [3.05, 3.63) is 35.9 Å². The van der Waals surface area contributed by atoms with Crippen molar-refractivity contribution in [3.8, 4) is 0 Å². The van der Waals surface area contributed by atoms with Crippen molar-refractivity contribution >= 4 is 17.7 Å². The van der Waals surface area contributed by atoms with Crippen molar-refractivity contribution in [2.24, 2.45) is 5.73 Å². The molecule has 1 heterocycles. The minimum Gasteiger partial charge on any atom is -0.340 e. The summed E-state index contributed by atoms with van der Waals surface area (Å²) in [5, 5.41) is 0.00510. The van der Waals surface area contributed by atoms with Gasteiger partial charge in [-0.15, -0.1) is 11.8 Å². The van der Waals surface area contributed by atoms with E-state index < -0.39 is 0 Å². The molecule has 2 rings (SSSR count). The minimum absolute atomic E-state index is 0.00510. The van der Waals surface area contributed by atoms with Crippen LogP contribution in [0.15, 0.2) is 30.3 Å². The van der Waals surface area contributed by atoms with Gasteiger partial charge in [0.2, 0.25) is 5.91 Å². The number of nitrogens with two attached hydrogens (primary N) is 1. The molecule has 0 aromatic heterocycles. The Kier molecular flexibility index (Phi) is 5.28. The summed E-state index contributed by atoms with van der Waals surface area (Å²) in [5.41, 5.74) is 7.19. The number of carbonyl (C=O) groups is 1. The maximum atomic E-state index is 12.3. The fourth-order valence-corrected chi connectivity index (χ4v) is 3.26. The maximum Gasteiger partial charge on any atom is 0.235 e. The zero-order valence-corrected chi connectivity index (χ0v) is 12.2. The Labute approximate surface area is 119 Å². The van der Waals surface area contributed by atoms with Crippen LogP contribution in [-0.4, -0.2) is 35.2 Å². The number of piperidine rings is 1. The van der Waals surface area contributed by atoms with Gasteiger partial charge in [0.25, 0.3) is 0 Å². The standard InChI is InChI=1S/C15H22N2OS/c1-12(19-11-13-6-3-2-4-7-13)15(18)17-9-5-8-14(16)10-17/h2-4,6-7,12,14H,5,8-11,16H2,1H3. The quantitative estimate of drug-likeness (QED) is 0.919. The highest BCUT2D eigenvalue weighted by atomic mass is 32.2. The normalized spacial score (nSPS) is 21.2. The molecule has 1 amide bonds. The highest BCUT2D eigenvalue weighted by Crippen LogP contribution is 2.20. The first-order valence-electron chi connectivity index (χ1n) is 6.86. The summed E-state index contributed by atoms with van der Waals surface area (Å²) in [5.74, 6) is 1.12. The van der Waals surface area contributed by atoms with Crippen LogP contribution in [0.5, 0.6) is 0 Å². The van der Waals surface area contributed by atoms with Crippen LogP contribution < -0.4 is 5.73 Å². The van der Waals surface area contributed by atoms with E-state index in [4.69, 9.17) is 5.73 Å². The average Bonchev–Trinajstić information content (AvgIpc) is 2.45. The second-order valence-corrected chi connectivity index (χ2v) is 6.45. The largest absolute Gasteiger partial charge is 0.340 e. The van der Waals surface area contributed by atoms with Gasteiger partial charge in [0.15, 0.2) is 0 Å². The summed E-state index contributed by atoms with van der Waals surface area (Å²) < 4.78 is 0. The fraction of sp³-hybridized carbons (Fsp3) is 0.533. The highest BCUT2D eigenvalue weighted by molar-refractivity contribution is 7.99. The van der Waals surface area contributed by atoms with E-state index in [0.717, 1.165) is 31.7 Å². The molecule has 104 valence electrons. The summed E-state index contributed by atoms with van der Waals surface area (Å²) in [6.07, 6.45) is 2.07. The summed E-state index contributed by atoms with van der Waals surface area (Å²) in [4.78, 5) is 14.2. The molecule has 1 aromatic rings. The van der Waals surface area contributed by atoms with Gasteiger partial charge < -0.3 is 10.6 Å². The molecule has 19 heavy (non-hydrogen) atoms. The van der Waals surface area contributed by atoms with Crippen molar-refractivity contribution in [1.82, 2.24) is 4.90 Å². The first-order valence-corrected chi connectivity index (χ1v) is 7.91. The van der Waals surface area contributed by atoms with Gasteiger partial charge in [0.05, 0.1) is 5.25 Å². The van der Waals surface area contributed by atoms with Crippen molar-refractivity contribution in [2.75, 3.05) is 13.1 Å². The summed E-state index contributed by atoms with van der Waals surface area (Å²) >= 11 is 1.70. The number of amides is 1. The molecule has 2 N–H and O–H groups in total. The number of nitrogens with zero attached hydrogens (tertiary/aromatic N) is 1. The van der Waals surface area contributed by atoms with E-state index in [0.29, 0.717) is 0 Å². The molecule has 1 aliphatic rings. The lowest BCUT2D eigenvalue weighted by Gasteiger charge is -2.32. The second kappa shape index (κ2) is 6.96. The molecule has 2 atom stereocenters. The average molecular weight is 278 g/mol. The third-order valence-electron chi connectivity index (χ3n) is 3.46. The minimum atomic E-state index is 0.00510.